The van der Waals surface area contributed by atoms with Gasteiger partial charge in [0.1, 0.15) is 6.07 Å². The van der Waals surface area contributed by atoms with Crippen LogP contribution < -0.4 is 4.90 Å². The maximum absolute atomic E-state index is 12.6. The summed E-state index contributed by atoms with van der Waals surface area (Å²) in [6.45, 7) is 0. The first-order valence-electron chi connectivity index (χ1n) is 6.09. The number of benzene rings is 2. The number of nitrogens with zero attached hydrogens (tertiary/aromatic N) is 2. The molecule has 1 amide bonds. The van der Waals surface area contributed by atoms with E-state index in [1.54, 1.807) is 31.3 Å². The largest absolute Gasteiger partial charge is 0.310 e. The van der Waals surface area contributed by atoms with Crippen molar-refractivity contribution in [3.63, 3.8) is 0 Å². The van der Waals surface area contributed by atoms with E-state index < -0.39 is 0 Å². The molecule has 0 atom stereocenters. The highest BCUT2D eigenvalue weighted by Gasteiger charge is 2.18. The van der Waals surface area contributed by atoms with Gasteiger partial charge in [-0.05, 0) is 30.5 Å². The van der Waals surface area contributed by atoms with Crippen LogP contribution in [0, 0.1) is 11.3 Å². The molecule has 100 valence electrons. The van der Waals surface area contributed by atoms with Gasteiger partial charge in [0.05, 0.1) is 16.8 Å². The Balaban J connectivity index is 2.41. The third-order valence-corrected chi connectivity index (χ3v) is 3.82. The highest BCUT2D eigenvalue weighted by atomic mass is 32.2. The minimum Gasteiger partial charge on any atom is -0.310 e. The molecular formula is C16H14N2OS. The van der Waals surface area contributed by atoms with Crippen molar-refractivity contribution in [2.45, 2.75) is 4.90 Å². The zero-order valence-corrected chi connectivity index (χ0v) is 12.1. The van der Waals surface area contributed by atoms with Crippen LogP contribution in [0.15, 0.2) is 53.4 Å². The average molecular weight is 282 g/mol. The molecule has 0 aliphatic heterocycles. The molecule has 0 aromatic heterocycles. The van der Waals surface area contributed by atoms with Gasteiger partial charge < -0.3 is 4.90 Å². The third-order valence-electron chi connectivity index (χ3n) is 3.03. The highest BCUT2D eigenvalue weighted by molar-refractivity contribution is 7.98. The molecule has 3 nitrogen and oxygen atoms in total. The molecule has 0 saturated heterocycles. The molecule has 2 aromatic carbocycles. The number of para-hydroxylation sites is 1. The number of hydrogen-bond donors (Lipinski definition) is 0. The van der Waals surface area contributed by atoms with Gasteiger partial charge in [-0.25, -0.2) is 0 Å². The monoisotopic (exact) mass is 282 g/mol. The molecule has 0 radical (unpaired) electrons. The number of nitriles is 1. The van der Waals surface area contributed by atoms with Gasteiger partial charge >= 0.3 is 0 Å². The quantitative estimate of drug-likeness (QED) is 0.809. The van der Waals surface area contributed by atoms with Crippen LogP contribution in [0.2, 0.25) is 0 Å². The van der Waals surface area contributed by atoms with E-state index >= 15 is 0 Å². The molecule has 4 heteroatoms. The van der Waals surface area contributed by atoms with Crippen LogP contribution in [0.3, 0.4) is 0 Å². The van der Waals surface area contributed by atoms with Crippen LogP contribution in [-0.2, 0) is 0 Å². The van der Waals surface area contributed by atoms with Crippen molar-refractivity contribution in [3.05, 3.63) is 59.7 Å². The lowest BCUT2D eigenvalue weighted by molar-refractivity contribution is 0.0990. The zero-order valence-electron chi connectivity index (χ0n) is 11.3. The smallest absolute Gasteiger partial charge is 0.259 e. The number of amides is 1. The van der Waals surface area contributed by atoms with Crippen LogP contribution in [0.4, 0.5) is 5.69 Å². The first kappa shape index (κ1) is 14.2. The van der Waals surface area contributed by atoms with E-state index in [0.29, 0.717) is 16.8 Å². The van der Waals surface area contributed by atoms with Gasteiger partial charge in [-0.3, -0.25) is 4.79 Å². The van der Waals surface area contributed by atoms with Crippen LogP contribution in [-0.4, -0.2) is 19.2 Å². The topological polar surface area (TPSA) is 44.1 Å². The van der Waals surface area contributed by atoms with Gasteiger partial charge in [-0.2, -0.15) is 5.26 Å². The molecule has 0 bridgehead atoms. The van der Waals surface area contributed by atoms with Crippen molar-refractivity contribution < 1.29 is 4.79 Å². The molecule has 0 N–H and O–H groups in total. The Morgan fingerprint density at radius 2 is 1.80 bits per heavy atom. The number of carbonyl (C=O) groups is 1. The van der Waals surface area contributed by atoms with E-state index in [9.17, 15) is 4.79 Å². The second-order valence-electron chi connectivity index (χ2n) is 4.19. The van der Waals surface area contributed by atoms with E-state index in [1.165, 1.54) is 16.7 Å². The first-order chi connectivity index (χ1) is 9.69. The van der Waals surface area contributed by atoms with Gasteiger partial charge in [0.25, 0.3) is 5.91 Å². The highest BCUT2D eigenvalue weighted by Crippen LogP contribution is 2.25. The second kappa shape index (κ2) is 6.27. The number of anilines is 1. The molecule has 2 rings (SSSR count). The Morgan fingerprint density at radius 3 is 2.50 bits per heavy atom. The fraction of sp³-hybridized carbons (Fsp3) is 0.125. The Hall–Kier alpha value is -2.25. The van der Waals surface area contributed by atoms with E-state index in [1.807, 2.05) is 30.5 Å². The van der Waals surface area contributed by atoms with Gasteiger partial charge in [0.15, 0.2) is 0 Å². The number of rotatable bonds is 3. The van der Waals surface area contributed by atoms with Crippen LogP contribution in [0.25, 0.3) is 0 Å². The Morgan fingerprint density at radius 1 is 1.15 bits per heavy atom. The van der Waals surface area contributed by atoms with Gasteiger partial charge in [0, 0.05) is 11.9 Å². The minimum atomic E-state index is -0.113. The van der Waals surface area contributed by atoms with Gasteiger partial charge in [-0.15, -0.1) is 11.8 Å². The lowest BCUT2D eigenvalue weighted by atomic mass is 10.1. The summed E-state index contributed by atoms with van der Waals surface area (Å²) in [6, 6.07) is 16.7. The Kier molecular flexibility index (Phi) is 4.44. The lowest BCUT2D eigenvalue weighted by Gasteiger charge is -2.19. The predicted octanol–water partition coefficient (Wildman–Crippen LogP) is 3.56. The Bertz CT molecular complexity index is 676. The summed E-state index contributed by atoms with van der Waals surface area (Å²) in [5.41, 5.74) is 1.76. The van der Waals surface area contributed by atoms with E-state index in [-0.39, 0.29) is 5.91 Å². The van der Waals surface area contributed by atoms with E-state index in [0.717, 1.165) is 4.90 Å². The SMILES string of the molecule is CSc1ccccc1C(=O)N(C)c1ccccc1C#N. The number of carbonyl (C=O) groups excluding carboxylic acids is 1. The molecule has 0 unspecified atom stereocenters. The normalized spacial score (nSPS) is 9.85. The zero-order chi connectivity index (χ0) is 14.5. The molecule has 2 aromatic rings. The summed E-state index contributed by atoms with van der Waals surface area (Å²) in [4.78, 5) is 15.0. The fourth-order valence-electron chi connectivity index (χ4n) is 1.97. The summed E-state index contributed by atoms with van der Waals surface area (Å²) in [5.74, 6) is -0.113. The lowest BCUT2D eigenvalue weighted by Crippen LogP contribution is -2.27. The number of hydrogen-bond acceptors (Lipinski definition) is 3. The maximum Gasteiger partial charge on any atom is 0.259 e. The van der Waals surface area contributed by atoms with E-state index in [4.69, 9.17) is 5.26 Å². The first-order valence-corrected chi connectivity index (χ1v) is 7.31. The Labute approximate surface area is 122 Å². The van der Waals surface area contributed by atoms with Crippen molar-refractivity contribution in [3.8, 4) is 6.07 Å². The molecular weight excluding hydrogens is 268 g/mol. The summed E-state index contributed by atoms with van der Waals surface area (Å²) in [7, 11) is 1.69. The minimum absolute atomic E-state index is 0.113. The predicted molar refractivity (Wildman–Crippen MR) is 82.1 cm³/mol. The molecule has 0 spiro atoms. The van der Waals surface area contributed by atoms with Crippen LogP contribution in [0.5, 0.6) is 0 Å². The molecule has 0 saturated carbocycles. The molecule has 0 aliphatic rings. The van der Waals surface area contributed by atoms with Crippen LogP contribution in [0.1, 0.15) is 15.9 Å². The van der Waals surface area contributed by atoms with Crippen molar-refractivity contribution in [2.75, 3.05) is 18.2 Å². The van der Waals surface area contributed by atoms with Crippen molar-refractivity contribution in [2.24, 2.45) is 0 Å². The van der Waals surface area contributed by atoms with Crippen molar-refractivity contribution in [1.29, 1.82) is 5.26 Å². The van der Waals surface area contributed by atoms with Crippen LogP contribution >= 0.6 is 11.8 Å². The summed E-state index contributed by atoms with van der Waals surface area (Å²) in [6.07, 6.45) is 1.94. The molecule has 0 aliphatic carbocycles. The van der Waals surface area contributed by atoms with Gasteiger partial charge in [-0.1, -0.05) is 24.3 Å². The fourth-order valence-corrected chi connectivity index (χ4v) is 2.56. The van der Waals surface area contributed by atoms with E-state index in [2.05, 4.69) is 6.07 Å². The third kappa shape index (κ3) is 2.68. The summed E-state index contributed by atoms with van der Waals surface area (Å²) >= 11 is 1.53. The second-order valence-corrected chi connectivity index (χ2v) is 5.04. The summed E-state index contributed by atoms with van der Waals surface area (Å²) in [5, 5.41) is 9.13. The molecule has 20 heavy (non-hydrogen) atoms. The average Bonchev–Trinajstić information content (AvgIpc) is 2.53. The number of thioether (sulfide) groups is 1. The molecule has 0 fully saturated rings. The summed E-state index contributed by atoms with van der Waals surface area (Å²) < 4.78 is 0. The molecule has 0 heterocycles. The van der Waals surface area contributed by atoms with Crippen molar-refractivity contribution >= 4 is 23.4 Å². The van der Waals surface area contributed by atoms with Crippen molar-refractivity contribution in [1.82, 2.24) is 0 Å². The van der Waals surface area contributed by atoms with Gasteiger partial charge in [0.2, 0.25) is 0 Å². The maximum atomic E-state index is 12.6. The standard InChI is InChI=1S/C16H14N2OS/c1-18(14-9-5-3-7-12(14)11-17)16(19)13-8-4-6-10-15(13)20-2/h3-10H,1-2H3.